The number of nitrogens with two attached hydrogens (primary N) is 3. The van der Waals surface area contributed by atoms with E-state index in [4.69, 9.17) is 17.2 Å². The molecule has 13 N–H and O–H groups in total. The number of benzene rings is 2. The maximum absolute atomic E-state index is 13.3. The quantitative estimate of drug-likeness (QED) is 0.0399. The van der Waals surface area contributed by atoms with Gasteiger partial charge >= 0.3 is 0 Å². The summed E-state index contributed by atoms with van der Waals surface area (Å²) in [7, 11) is 0. The van der Waals surface area contributed by atoms with Crippen molar-refractivity contribution in [1.29, 1.82) is 0 Å². The smallest absolute Gasteiger partial charge is 0.247 e. The molecule has 0 aliphatic heterocycles. The molecule has 0 spiro atoms. The Morgan fingerprint density at radius 2 is 1.45 bits per heavy atom. The van der Waals surface area contributed by atoms with Crippen LogP contribution in [-0.4, -0.2) is 77.6 Å². The highest BCUT2D eigenvalue weighted by Gasteiger charge is 2.25. The van der Waals surface area contributed by atoms with Crippen LogP contribution >= 0.6 is 0 Å². The molecular weight excluding hydrogens is 626 g/mol. The van der Waals surface area contributed by atoms with Crippen molar-refractivity contribution in [2.45, 2.75) is 76.3 Å². The zero-order valence-electron chi connectivity index (χ0n) is 28.2. The highest BCUT2D eigenvalue weighted by molar-refractivity contribution is 5.95. The lowest BCUT2D eigenvalue weighted by atomic mass is 10.0. The van der Waals surface area contributed by atoms with Crippen molar-refractivity contribution in [1.82, 2.24) is 26.3 Å². The summed E-state index contributed by atoms with van der Waals surface area (Å²) in [6, 6.07) is 10.1. The number of hydrogen-bond donors (Lipinski definition) is 10. The lowest BCUT2D eigenvalue weighted by Crippen LogP contribution is -2.41. The van der Waals surface area contributed by atoms with Crippen LogP contribution in [0.2, 0.25) is 0 Å². The average molecular weight is 680 g/mol. The Kier molecular flexibility index (Phi) is 16.7. The molecule has 2 atom stereocenters. The highest BCUT2D eigenvalue weighted by atomic mass is 16.3. The third-order valence-electron chi connectivity index (χ3n) is 8.15. The molecule has 0 bridgehead atoms. The van der Waals surface area contributed by atoms with Crippen molar-refractivity contribution in [3.05, 3.63) is 59.8 Å². The molecule has 0 unspecified atom stereocenters. The van der Waals surface area contributed by atoms with Crippen LogP contribution < -0.4 is 38.5 Å². The number of phenols is 2. The van der Waals surface area contributed by atoms with Crippen LogP contribution in [0.25, 0.3) is 10.9 Å². The zero-order valence-corrected chi connectivity index (χ0v) is 28.2. The summed E-state index contributed by atoms with van der Waals surface area (Å²) in [4.78, 5) is 45.3. The van der Waals surface area contributed by atoms with Crippen molar-refractivity contribution in [2.24, 2.45) is 22.2 Å². The van der Waals surface area contributed by atoms with E-state index in [-0.39, 0.29) is 35.7 Å². The molecule has 2 aromatic carbocycles. The number of guanidine groups is 1. The average Bonchev–Trinajstić information content (AvgIpc) is 3.50. The van der Waals surface area contributed by atoms with E-state index in [0.717, 1.165) is 75.4 Å². The number of aromatic amines is 1. The topological polar surface area (TPSA) is 246 Å². The van der Waals surface area contributed by atoms with Crippen molar-refractivity contribution in [2.75, 3.05) is 32.7 Å². The summed E-state index contributed by atoms with van der Waals surface area (Å²) in [5.41, 5.74) is 18.2. The fraction of sp³-hybridized carbons (Fsp3) is 0.486. The van der Waals surface area contributed by atoms with Gasteiger partial charge in [0.1, 0.15) is 17.5 Å². The number of nitrogens with zero attached hydrogens (tertiary/aromatic N) is 1. The number of carbonyl (C=O) groups excluding carboxylic acids is 3. The minimum atomic E-state index is -0.925. The molecule has 14 heteroatoms. The van der Waals surface area contributed by atoms with Gasteiger partial charge in [-0.15, -0.1) is 0 Å². The highest BCUT2D eigenvalue weighted by Crippen LogP contribution is 2.26. The molecule has 0 aliphatic rings. The number of phenolic OH excluding ortho intramolecular Hbond substituents is 2. The monoisotopic (exact) mass is 679 g/mol. The zero-order chi connectivity index (χ0) is 35.4. The van der Waals surface area contributed by atoms with Gasteiger partial charge in [-0.3, -0.25) is 19.4 Å². The van der Waals surface area contributed by atoms with Gasteiger partial charge in [0.05, 0.1) is 12.5 Å². The van der Waals surface area contributed by atoms with Crippen molar-refractivity contribution >= 4 is 34.6 Å². The van der Waals surface area contributed by atoms with E-state index in [0.29, 0.717) is 37.2 Å². The minimum Gasteiger partial charge on any atom is -0.508 e. The van der Waals surface area contributed by atoms with Gasteiger partial charge in [-0.05, 0) is 57.3 Å². The Morgan fingerprint density at radius 1 is 0.816 bits per heavy atom. The molecule has 3 rings (SSSR count). The number of amides is 3. The molecule has 0 radical (unpaired) electrons. The maximum atomic E-state index is 13.3. The van der Waals surface area contributed by atoms with Gasteiger partial charge in [0, 0.05) is 53.9 Å². The first-order valence-electron chi connectivity index (χ1n) is 17.1. The molecule has 0 saturated heterocycles. The van der Waals surface area contributed by atoms with E-state index in [2.05, 4.69) is 31.2 Å². The van der Waals surface area contributed by atoms with E-state index in [1.807, 2.05) is 24.3 Å². The van der Waals surface area contributed by atoms with E-state index in [1.54, 1.807) is 6.20 Å². The number of aromatic nitrogens is 1. The van der Waals surface area contributed by atoms with E-state index < -0.39 is 18.0 Å². The number of para-hydroxylation sites is 1. The Balaban J connectivity index is 1.27. The van der Waals surface area contributed by atoms with Crippen LogP contribution in [0.15, 0.2) is 53.7 Å². The lowest BCUT2D eigenvalue weighted by molar-refractivity contribution is -0.128. The molecule has 1 aromatic heterocycles. The lowest BCUT2D eigenvalue weighted by Gasteiger charge is -2.19. The second kappa shape index (κ2) is 21.2. The second-order valence-corrected chi connectivity index (χ2v) is 12.1. The van der Waals surface area contributed by atoms with Gasteiger partial charge in [0.25, 0.3) is 0 Å². The van der Waals surface area contributed by atoms with Gasteiger partial charge < -0.3 is 53.7 Å². The van der Waals surface area contributed by atoms with Crippen LogP contribution in [0.1, 0.15) is 75.0 Å². The SMILES string of the molecule is NC(N)=NCC[C@H](N)C(=O)NCCCCCCCCNCCCCNC(=O)[C@@H](NC(=O)Cc1ccc(O)cc1O)c1c[nH]c2ccccc12. The number of rotatable bonds is 23. The standard InChI is InChI=1S/C35H53N9O5/c36-28(15-20-42-35(37)38)33(48)40-18-8-4-2-1-3-7-16-39-17-9-10-19-41-34(49)32(27-23-43-29-12-6-5-11-26(27)29)44-31(47)21-24-13-14-25(45)22-30(24)46/h5-6,11-14,22-23,28,32,39,43,45-46H,1-4,7-10,15-21,36H2,(H,40,48)(H,41,49)(H,44,47)(H4,37,38,42)/t28-,32-/m0/s1. The third kappa shape index (κ3) is 14.1. The predicted molar refractivity (Wildman–Crippen MR) is 192 cm³/mol. The van der Waals surface area contributed by atoms with Crippen molar-refractivity contribution in [3.8, 4) is 11.5 Å². The van der Waals surface area contributed by atoms with Gasteiger partial charge in [0.15, 0.2) is 5.96 Å². The van der Waals surface area contributed by atoms with Crippen LogP contribution in [-0.2, 0) is 20.8 Å². The summed E-state index contributed by atoms with van der Waals surface area (Å²) in [6.45, 7) is 3.20. The van der Waals surface area contributed by atoms with Crippen molar-refractivity contribution < 1.29 is 24.6 Å². The molecule has 3 aromatic rings. The van der Waals surface area contributed by atoms with E-state index >= 15 is 0 Å². The van der Waals surface area contributed by atoms with Gasteiger partial charge in [-0.1, -0.05) is 49.9 Å². The number of aliphatic imine (C=N–C) groups is 1. The minimum absolute atomic E-state index is 0.00648. The molecule has 0 fully saturated rings. The first kappa shape index (κ1) is 38.6. The van der Waals surface area contributed by atoms with Gasteiger partial charge in [0.2, 0.25) is 17.7 Å². The summed E-state index contributed by atoms with van der Waals surface area (Å²) >= 11 is 0. The van der Waals surface area contributed by atoms with Crippen LogP contribution in [0.3, 0.4) is 0 Å². The fourth-order valence-corrected chi connectivity index (χ4v) is 5.41. The van der Waals surface area contributed by atoms with Gasteiger partial charge in [-0.25, -0.2) is 0 Å². The third-order valence-corrected chi connectivity index (χ3v) is 8.15. The molecule has 0 saturated carbocycles. The fourth-order valence-electron chi connectivity index (χ4n) is 5.41. The summed E-state index contributed by atoms with van der Waals surface area (Å²) in [5, 5.41) is 32.6. The molecule has 3 amide bonds. The van der Waals surface area contributed by atoms with E-state index in [1.165, 1.54) is 18.2 Å². The molecule has 268 valence electrons. The van der Waals surface area contributed by atoms with Gasteiger partial charge in [-0.2, -0.15) is 0 Å². The first-order chi connectivity index (χ1) is 23.7. The largest absolute Gasteiger partial charge is 0.508 e. The summed E-state index contributed by atoms with van der Waals surface area (Å²) < 4.78 is 0. The Morgan fingerprint density at radius 3 is 2.16 bits per heavy atom. The molecule has 0 aliphatic carbocycles. The van der Waals surface area contributed by atoms with E-state index in [9.17, 15) is 24.6 Å². The number of fused-ring (bicyclic) bond motifs is 1. The number of hydrogen-bond acceptors (Lipinski definition) is 8. The van der Waals surface area contributed by atoms with Crippen LogP contribution in [0, 0.1) is 0 Å². The predicted octanol–water partition coefficient (Wildman–Crippen LogP) is 1.91. The summed E-state index contributed by atoms with van der Waals surface area (Å²) in [5.74, 6) is -1.22. The first-order valence-corrected chi connectivity index (χ1v) is 17.1. The number of aromatic hydroxyl groups is 2. The Bertz CT molecular complexity index is 1510. The van der Waals surface area contributed by atoms with Crippen LogP contribution in [0.5, 0.6) is 11.5 Å². The summed E-state index contributed by atoms with van der Waals surface area (Å²) in [6.07, 6.45) is 10.1. The maximum Gasteiger partial charge on any atom is 0.247 e. The normalized spacial score (nSPS) is 12.3. The number of unbranched alkanes of at least 4 members (excludes halogenated alkanes) is 6. The molecule has 14 nitrogen and oxygen atoms in total. The Hall–Kier alpha value is -4.82. The molecule has 1 heterocycles. The Labute approximate surface area is 287 Å². The molecular formula is C35H53N9O5. The van der Waals surface area contributed by atoms with Crippen molar-refractivity contribution in [3.63, 3.8) is 0 Å². The van der Waals surface area contributed by atoms with Crippen LogP contribution in [0.4, 0.5) is 0 Å². The number of carbonyl (C=O) groups is 3. The molecule has 49 heavy (non-hydrogen) atoms. The number of H-pyrrole nitrogens is 1. The second-order valence-electron chi connectivity index (χ2n) is 12.1. The number of nitrogens with one attached hydrogen (secondary N) is 5.